The second-order valence-electron chi connectivity index (χ2n) is 8.64. The topological polar surface area (TPSA) is 110 Å². The fourth-order valence-electron chi connectivity index (χ4n) is 3.40. The normalized spacial score (nSPS) is 15.4. The molecule has 10 heteroatoms. The summed E-state index contributed by atoms with van der Waals surface area (Å²) in [4.78, 5) is 31.2. The van der Waals surface area contributed by atoms with Crippen molar-refractivity contribution in [2.45, 2.75) is 31.9 Å². The number of benzene rings is 1. The summed E-state index contributed by atoms with van der Waals surface area (Å²) in [6, 6.07) is 6.45. The van der Waals surface area contributed by atoms with Gasteiger partial charge >= 0.3 is 6.03 Å². The summed E-state index contributed by atoms with van der Waals surface area (Å²) >= 11 is 0. The number of anilines is 1. The predicted octanol–water partition coefficient (Wildman–Crippen LogP) is 2.11. The van der Waals surface area contributed by atoms with Crippen LogP contribution in [-0.4, -0.2) is 57.1 Å². The Hall–Kier alpha value is -4.23. The van der Waals surface area contributed by atoms with Gasteiger partial charge in [-0.15, -0.1) is 0 Å². The van der Waals surface area contributed by atoms with Crippen molar-refractivity contribution in [3.63, 3.8) is 0 Å². The number of pyridine rings is 1. The van der Waals surface area contributed by atoms with Crippen LogP contribution in [0, 0.1) is 17.7 Å². The summed E-state index contributed by atoms with van der Waals surface area (Å²) < 4.78 is 19.9. The van der Waals surface area contributed by atoms with E-state index in [-0.39, 0.29) is 12.5 Å². The number of nitrogens with zero attached hydrogens (tertiary/aromatic N) is 4. The maximum atomic E-state index is 13.1. The molecule has 1 aromatic carbocycles. The summed E-state index contributed by atoms with van der Waals surface area (Å²) in [6.45, 7) is 3.10. The Morgan fingerprint density at radius 3 is 2.83 bits per heavy atom. The van der Waals surface area contributed by atoms with Gasteiger partial charge in [-0.3, -0.25) is 9.78 Å². The highest BCUT2D eigenvalue weighted by molar-refractivity contribution is 6.00. The Balaban J connectivity index is 1.45. The number of halogens is 1. The first-order valence-electron chi connectivity index (χ1n) is 10.8. The summed E-state index contributed by atoms with van der Waals surface area (Å²) in [5.74, 6) is 5.29. The lowest BCUT2D eigenvalue weighted by Crippen LogP contribution is -2.50. The monoisotopic (exact) mass is 477 g/mol. The van der Waals surface area contributed by atoms with Gasteiger partial charge in [0, 0.05) is 30.9 Å². The van der Waals surface area contributed by atoms with Crippen LogP contribution < -0.4 is 15.0 Å². The SMILES string of the molecule is CN1C(=O)C(NC(=O)n2cc(Cc3ccc(F)cn3)cn2)COc2ccc(C#CC(C)(C)O)cc21. The van der Waals surface area contributed by atoms with Crippen LogP contribution in [0.25, 0.3) is 0 Å². The Morgan fingerprint density at radius 1 is 1.31 bits per heavy atom. The van der Waals surface area contributed by atoms with Crippen LogP contribution in [0.5, 0.6) is 5.75 Å². The van der Waals surface area contributed by atoms with Gasteiger partial charge in [-0.05, 0) is 49.7 Å². The molecule has 3 aromatic rings. The largest absolute Gasteiger partial charge is 0.489 e. The Morgan fingerprint density at radius 2 is 2.11 bits per heavy atom. The van der Waals surface area contributed by atoms with Gasteiger partial charge < -0.3 is 20.1 Å². The lowest BCUT2D eigenvalue weighted by Gasteiger charge is -2.20. The van der Waals surface area contributed by atoms with E-state index in [4.69, 9.17) is 4.74 Å². The van der Waals surface area contributed by atoms with E-state index in [2.05, 4.69) is 27.2 Å². The molecule has 9 nitrogen and oxygen atoms in total. The number of carbonyl (C=O) groups is 2. The second kappa shape index (κ2) is 9.56. The summed E-state index contributed by atoms with van der Waals surface area (Å²) in [5.41, 5.74) is 1.29. The van der Waals surface area contributed by atoms with Crippen molar-refractivity contribution in [3.05, 3.63) is 71.6 Å². The van der Waals surface area contributed by atoms with Gasteiger partial charge in [-0.25, -0.2) is 9.18 Å². The molecule has 2 N–H and O–H groups in total. The minimum absolute atomic E-state index is 0.0652. The van der Waals surface area contributed by atoms with Crippen molar-refractivity contribution in [3.8, 4) is 17.6 Å². The molecule has 2 amide bonds. The third-order valence-electron chi connectivity index (χ3n) is 5.18. The number of hydrogen-bond acceptors (Lipinski definition) is 6. The standard InChI is InChI=1S/C25H24FN5O4/c1-25(2,34)9-8-16-4-7-22-21(11-16)30(3)23(32)20(15-35-22)29-24(33)31-14-17(12-28-31)10-19-6-5-18(26)13-27-19/h4-7,11-14,20,34H,10,15H2,1-3H3,(H,29,33). The maximum Gasteiger partial charge on any atom is 0.342 e. The summed E-state index contributed by atoms with van der Waals surface area (Å²) in [5, 5.41) is 16.5. The highest BCUT2D eigenvalue weighted by Crippen LogP contribution is 2.31. The lowest BCUT2D eigenvalue weighted by atomic mass is 10.1. The van der Waals surface area contributed by atoms with Gasteiger partial charge in [0.25, 0.3) is 5.91 Å². The Kier molecular flexibility index (Phi) is 6.53. The lowest BCUT2D eigenvalue weighted by molar-refractivity contribution is -0.120. The molecular weight excluding hydrogens is 453 g/mol. The highest BCUT2D eigenvalue weighted by atomic mass is 19.1. The summed E-state index contributed by atoms with van der Waals surface area (Å²) in [6.07, 6.45) is 4.53. The third kappa shape index (κ3) is 5.83. The van der Waals surface area contributed by atoms with Gasteiger partial charge in [0.1, 0.15) is 29.8 Å². The predicted molar refractivity (Wildman–Crippen MR) is 125 cm³/mol. The van der Waals surface area contributed by atoms with Gasteiger partial charge in [-0.1, -0.05) is 11.8 Å². The zero-order valence-corrected chi connectivity index (χ0v) is 19.4. The van der Waals surface area contributed by atoms with Crippen LogP contribution in [0.2, 0.25) is 0 Å². The van der Waals surface area contributed by atoms with E-state index in [0.29, 0.717) is 34.7 Å². The molecule has 3 heterocycles. The molecule has 0 aliphatic carbocycles. The van der Waals surface area contributed by atoms with Crippen molar-refractivity contribution in [2.75, 3.05) is 18.6 Å². The number of ether oxygens (including phenoxy) is 1. The Bertz CT molecular complexity index is 1320. The van der Waals surface area contributed by atoms with E-state index in [0.717, 1.165) is 10.9 Å². The van der Waals surface area contributed by atoms with Crippen molar-refractivity contribution >= 4 is 17.6 Å². The number of carbonyl (C=O) groups excluding carboxylic acids is 2. The third-order valence-corrected chi connectivity index (χ3v) is 5.18. The van der Waals surface area contributed by atoms with Crippen LogP contribution in [-0.2, 0) is 11.2 Å². The molecule has 1 aliphatic rings. The molecule has 0 spiro atoms. The molecule has 2 aromatic heterocycles. The molecule has 4 rings (SSSR count). The van der Waals surface area contributed by atoms with Crippen molar-refractivity contribution in [1.82, 2.24) is 20.1 Å². The molecule has 1 atom stereocenters. The number of aliphatic hydroxyl groups is 1. The molecule has 0 fully saturated rings. The van der Waals surface area contributed by atoms with E-state index in [9.17, 15) is 19.1 Å². The van der Waals surface area contributed by atoms with Crippen LogP contribution >= 0.6 is 0 Å². The quantitative estimate of drug-likeness (QED) is 0.560. The maximum absolute atomic E-state index is 13.1. The first kappa shape index (κ1) is 23.9. The zero-order valence-electron chi connectivity index (χ0n) is 19.4. The molecule has 0 saturated heterocycles. The summed E-state index contributed by atoms with van der Waals surface area (Å²) in [7, 11) is 1.59. The minimum atomic E-state index is -1.15. The van der Waals surface area contributed by atoms with Crippen molar-refractivity contribution in [2.24, 2.45) is 0 Å². The molecule has 35 heavy (non-hydrogen) atoms. The van der Waals surface area contributed by atoms with Crippen molar-refractivity contribution in [1.29, 1.82) is 0 Å². The molecule has 1 aliphatic heterocycles. The van der Waals surface area contributed by atoms with Gasteiger partial charge in [0.2, 0.25) is 0 Å². The number of likely N-dealkylation sites (N-methyl/N-ethyl adjacent to an activating group) is 1. The highest BCUT2D eigenvalue weighted by Gasteiger charge is 2.31. The second-order valence-corrected chi connectivity index (χ2v) is 8.64. The van der Waals surface area contributed by atoms with Crippen LogP contribution in [0.15, 0.2) is 48.9 Å². The first-order chi connectivity index (χ1) is 16.6. The van der Waals surface area contributed by atoms with E-state index >= 15 is 0 Å². The van der Waals surface area contributed by atoms with E-state index < -0.39 is 23.5 Å². The van der Waals surface area contributed by atoms with Gasteiger partial charge in [-0.2, -0.15) is 9.78 Å². The number of rotatable bonds is 3. The number of hydrogen-bond donors (Lipinski definition) is 2. The van der Waals surface area contributed by atoms with E-state index in [1.54, 1.807) is 45.2 Å². The molecule has 0 bridgehead atoms. The van der Waals surface area contributed by atoms with Gasteiger partial charge in [0.15, 0.2) is 0 Å². The number of nitrogens with one attached hydrogen (secondary N) is 1. The number of fused-ring (bicyclic) bond motifs is 1. The first-order valence-corrected chi connectivity index (χ1v) is 10.8. The average molecular weight is 477 g/mol. The van der Waals surface area contributed by atoms with Crippen LogP contribution in [0.3, 0.4) is 0 Å². The van der Waals surface area contributed by atoms with E-state index in [1.807, 2.05) is 0 Å². The smallest absolute Gasteiger partial charge is 0.342 e. The van der Waals surface area contributed by atoms with Gasteiger partial charge in [0.05, 0.1) is 18.1 Å². The Labute approximate surface area is 201 Å². The average Bonchev–Trinajstić information content (AvgIpc) is 3.25. The van der Waals surface area contributed by atoms with Crippen molar-refractivity contribution < 1.29 is 23.8 Å². The van der Waals surface area contributed by atoms with E-state index in [1.165, 1.54) is 23.4 Å². The zero-order chi connectivity index (χ0) is 25.2. The molecule has 0 radical (unpaired) electrons. The minimum Gasteiger partial charge on any atom is -0.489 e. The molecule has 1 unspecified atom stereocenters. The fourth-order valence-corrected chi connectivity index (χ4v) is 3.40. The number of aromatic nitrogens is 3. The van der Waals surface area contributed by atoms with Crippen LogP contribution in [0.4, 0.5) is 14.9 Å². The molecule has 0 saturated carbocycles. The molecular formula is C25H24FN5O4. The fraction of sp³-hybridized carbons (Fsp3) is 0.280. The van der Waals surface area contributed by atoms with Crippen LogP contribution in [0.1, 0.15) is 30.7 Å². The number of amides is 2. The molecule has 180 valence electrons.